The SMILES string of the molecule is CCCCCCCCCCCCc1ccc(O[C]=O)cc1. The van der Waals surface area contributed by atoms with Gasteiger partial charge in [0.1, 0.15) is 5.75 Å². The first-order valence-corrected chi connectivity index (χ1v) is 8.49. The van der Waals surface area contributed by atoms with Crippen molar-refractivity contribution in [1.29, 1.82) is 0 Å². The summed E-state index contributed by atoms with van der Waals surface area (Å²) in [7, 11) is 0. The van der Waals surface area contributed by atoms with E-state index < -0.39 is 0 Å². The summed E-state index contributed by atoms with van der Waals surface area (Å²) in [5, 5.41) is 0. The van der Waals surface area contributed by atoms with Crippen LogP contribution in [-0.4, -0.2) is 6.47 Å². The molecule has 0 aromatic heterocycles. The molecule has 0 bridgehead atoms. The van der Waals surface area contributed by atoms with Crippen LogP contribution in [-0.2, 0) is 11.2 Å². The first kappa shape index (κ1) is 17.7. The Labute approximate surface area is 129 Å². The lowest BCUT2D eigenvalue weighted by atomic mass is 10.0. The molecule has 0 saturated carbocycles. The second-order valence-corrected chi connectivity index (χ2v) is 5.76. The molecule has 0 aliphatic carbocycles. The summed E-state index contributed by atoms with van der Waals surface area (Å²) in [6.07, 6.45) is 14.8. The van der Waals surface area contributed by atoms with Crippen LogP contribution in [0.1, 0.15) is 76.7 Å². The van der Waals surface area contributed by atoms with Gasteiger partial charge in [-0.05, 0) is 30.5 Å². The third kappa shape index (κ3) is 9.28. The van der Waals surface area contributed by atoms with Gasteiger partial charge in [-0.2, -0.15) is 0 Å². The number of ether oxygens (including phenoxy) is 1. The minimum Gasteiger partial charge on any atom is -0.418 e. The van der Waals surface area contributed by atoms with Gasteiger partial charge in [0.05, 0.1) is 0 Å². The predicted molar refractivity (Wildman–Crippen MR) is 88.3 cm³/mol. The van der Waals surface area contributed by atoms with Crippen molar-refractivity contribution in [3.05, 3.63) is 29.8 Å². The van der Waals surface area contributed by atoms with E-state index in [9.17, 15) is 4.79 Å². The van der Waals surface area contributed by atoms with Crippen LogP contribution >= 0.6 is 0 Å². The van der Waals surface area contributed by atoms with Gasteiger partial charge in [0.15, 0.2) is 0 Å². The summed E-state index contributed by atoms with van der Waals surface area (Å²) in [6, 6.07) is 7.72. The van der Waals surface area contributed by atoms with Gasteiger partial charge in [-0.15, -0.1) is 0 Å². The highest BCUT2D eigenvalue weighted by atomic mass is 16.5. The average molecular weight is 289 g/mol. The number of aryl methyl sites for hydroxylation is 1. The summed E-state index contributed by atoms with van der Waals surface area (Å²) in [4.78, 5) is 10.1. The van der Waals surface area contributed by atoms with Crippen molar-refractivity contribution in [2.24, 2.45) is 0 Å². The summed E-state index contributed by atoms with van der Waals surface area (Å²) in [5.74, 6) is 0.567. The van der Waals surface area contributed by atoms with E-state index in [0.717, 1.165) is 6.42 Å². The molecule has 1 radical (unpaired) electrons. The Bertz CT molecular complexity index is 356. The van der Waals surface area contributed by atoms with Crippen molar-refractivity contribution in [1.82, 2.24) is 0 Å². The largest absolute Gasteiger partial charge is 0.423 e. The van der Waals surface area contributed by atoms with Gasteiger partial charge in [0.2, 0.25) is 0 Å². The fourth-order valence-corrected chi connectivity index (χ4v) is 2.59. The average Bonchev–Trinajstić information content (AvgIpc) is 2.51. The van der Waals surface area contributed by atoms with Crippen molar-refractivity contribution in [2.45, 2.75) is 77.6 Å². The molecule has 1 aromatic carbocycles. The Balaban J connectivity index is 1.95. The summed E-state index contributed by atoms with van der Waals surface area (Å²) in [6.45, 7) is 3.71. The van der Waals surface area contributed by atoms with E-state index in [-0.39, 0.29) is 0 Å². The number of rotatable bonds is 13. The molecule has 0 N–H and O–H groups in total. The monoisotopic (exact) mass is 289 g/mol. The Morgan fingerprint density at radius 3 is 1.86 bits per heavy atom. The van der Waals surface area contributed by atoms with Gasteiger partial charge in [0.25, 0.3) is 0 Å². The highest BCUT2D eigenvalue weighted by molar-refractivity contribution is 5.46. The van der Waals surface area contributed by atoms with Crippen molar-refractivity contribution >= 4 is 6.47 Å². The lowest BCUT2D eigenvalue weighted by Gasteiger charge is -2.04. The molecule has 0 spiro atoms. The summed E-state index contributed by atoms with van der Waals surface area (Å²) < 4.78 is 4.66. The fraction of sp³-hybridized carbons (Fsp3) is 0.632. The molecule has 0 aliphatic heterocycles. The molecule has 0 atom stereocenters. The fourth-order valence-electron chi connectivity index (χ4n) is 2.59. The molecule has 117 valence electrons. The number of carbonyl (C=O) groups excluding carboxylic acids is 1. The van der Waals surface area contributed by atoms with Crippen LogP contribution in [0.25, 0.3) is 0 Å². The van der Waals surface area contributed by atoms with E-state index in [1.807, 2.05) is 24.3 Å². The van der Waals surface area contributed by atoms with E-state index >= 15 is 0 Å². The van der Waals surface area contributed by atoms with Crippen molar-refractivity contribution in [2.75, 3.05) is 0 Å². The van der Waals surface area contributed by atoms with Crippen molar-refractivity contribution < 1.29 is 9.53 Å². The van der Waals surface area contributed by atoms with Gasteiger partial charge in [-0.1, -0.05) is 76.8 Å². The zero-order valence-corrected chi connectivity index (χ0v) is 13.4. The maximum Gasteiger partial charge on any atom is 0.423 e. The Morgan fingerprint density at radius 2 is 1.33 bits per heavy atom. The zero-order chi connectivity index (χ0) is 15.2. The highest BCUT2D eigenvalue weighted by Gasteiger charge is 1.97. The standard InChI is InChI=1S/C19H29O2/c1-2-3-4-5-6-7-8-9-10-11-12-18-13-15-19(16-14-18)21-17-20/h13-16H,2-12H2,1H3. The van der Waals surface area contributed by atoms with Gasteiger partial charge >= 0.3 is 6.47 Å². The minimum atomic E-state index is 0.567. The Hall–Kier alpha value is -1.31. The third-order valence-electron chi connectivity index (χ3n) is 3.90. The first-order valence-electron chi connectivity index (χ1n) is 8.49. The maximum absolute atomic E-state index is 10.1. The summed E-state index contributed by atoms with van der Waals surface area (Å²) in [5.41, 5.74) is 1.31. The van der Waals surface area contributed by atoms with Crippen LogP contribution < -0.4 is 4.74 Å². The van der Waals surface area contributed by atoms with Crippen molar-refractivity contribution in [3.8, 4) is 5.75 Å². The molecule has 0 heterocycles. The molecular weight excluding hydrogens is 260 g/mol. The molecule has 0 fully saturated rings. The van der Waals surface area contributed by atoms with E-state index in [1.54, 1.807) is 0 Å². The van der Waals surface area contributed by atoms with Gasteiger partial charge in [-0.25, -0.2) is 4.79 Å². The first-order chi connectivity index (χ1) is 10.4. The van der Waals surface area contributed by atoms with Crippen molar-refractivity contribution in [3.63, 3.8) is 0 Å². The molecule has 1 rings (SSSR count). The maximum atomic E-state index is 10.1. The molecule has 0 aliphatic rings. The van der Waals surface area contributed by atoms with Gasteiger partial charge in [0, 0.05) is 0 Å². The smallest absolute Gasteiger partial charge is 0.418 e. The van der Waals surface area contributed by atoms with Crippen LogP contribution in [0.2, 0.25) is 0 Å². The lowest BCUT2D eigenvalue weighted by molar-refractivity contribution is 0.442. The number of hydrogen-bond donors (Lipinski definition) is 0. The lowest BCUT2D eigenvalue weighted by Crippen LogP contribution is -1.90. The molecule has 0 amide bonds. The molecule has 21 heavy (non-hydrogen) atoms. The molecule has 2 heteroatoms. The van der Waals surface area contributed by atoms with E-state index in [2.05, 4.69) is 11.7 Å². The number of hydrogen-bond acceptors (Lipinski definition) is 2. The second kappa shape index (κ2) is 12.4. The Kier molecular flexibility index (Phi) is 10.5. The quantitative estimate of drug-likeness (QED) is 0.442. The normalized spacial score (nSPS) is 10.5. The van der Waals surface area contributed by atoms with Gasteiger partial charge in [-0.3, -0.25) is 0 Å². The van der Waals surface area contributed by atoms with Crippen LogP contribution in [0.4, 0.5) is 0 Å². The van der Waals surface area contributed by atoms with Crippen LogP contribution in [0.3, 0.4) is 0 Å². The Morgan fingerprint density at radius 1 is 0.810 bits per heavy atom. The van der Waals surface area contributed by atoms with Crippen LogP contribution in [0, 0.1) is 0 Å². The molecule has 2 nitrogen and oxygen atoms in total. The van der Waals surface area contributed by atoms with Gasteiger partial charge < -0.3 is 4.74 Å². The zero-order valence-electron chi connectivity index (χ0n) is 13.4. The molecule has 0 saturated heterocycles. The van der Waals surface area contributed by atoms with E-state index in [4.69, 9.17) is 0 Å². The second-order valence-electron chi connectivity index (χ2n) is 5.76. The van der Waals surface area contributed by atoms with E-state index in [1.165, 1.54) is 76.2 Å². The molecule has 0 unspecified atom stereocenters. The minimum absolute atomic E-state index is 0.567. The van der Waals surface area contributed by atoms with Crippen LogP contribution in [0.15, 0.2) is 24.3 Å². The predicted octanol–water partition coefficient (Wildman–Crippen LogP) is 5.60. The summed E-state index contributed by atoms with van der Waals surface area (Å²) >= 11 is 0. The number of benzene rings is 1. The highest BCUT2D eigenvalue weighted by Crippen LogP contribution is 2.15. The molecular formula is C19H29O2. The number of unbranched alkanes of at least 4 members (excludes halogenated alkanes) is 9. The van der Waals surface area contributed by atoms with E-state index in [0.29, 0.717) is 5.75 Å². The topological polar surface area (TPSA) is 26.3 Å². The molecule has 1 aromatic rings. The third-order valence-corrected chi connectivity index (χ3v) is 3.90. The van der Waals surface area contributed by atoms with Crippen LogP contribution in [0.5, 0.6) is 5.75 Å².